The van der Waals surface area contributed by atoms with Gasteiger partial charge < -0.3 is 0 Å². The first kappa shape index (κ1) is 12.7. The Bertz CT molecular complexity index is 600. The summed E-state index contributed by atoms with van der Waals surface area (Å²) in [7, 11) is 0. The number of hydrogen-bond acceptors (Lipinski definition) is 3. The predicted octanol–water partition coefficient (Wildman–Crippen LogP) is 3.86. The third kappa shape index (κ3) is 3.12. The molecule has 0 unspecified atom stereocenters. The molecule has 0 N–H and O–H groups in total. The first-order chi connectivity index (χ1) is 8.69. The Morgan fingerprint density at radius 2 is 2.00 bits per heavy atom. The van der Waals surface area contributed by atoms with E-state index in [-0.39, 0.29) is 0 Å². The SMILES string of the molecule is Cc1ccc(CSc2cccc(C#N)n2)cc1C. The van der Waals surface area contributed by atoms with Gasteiger partial charge in [-0.25, -0.2) is 4.98 Å². The van der Waals surface area contributed by atoms with Crippen LogP contribution in [-0.2, 0) is 5.75 Å². The fourth-order valence-electron chi connectivity index (χ4n) is 1.61. The van der Waals surface area contributed by atoms with Crippen molar-refractivity contribution in [3.63, 3.8) is 0 Å². The standard InChI is InChI=1S/C15H14N2S/c1-11-6-7-13(8-12(11)2)10-18-15-5-3-4-14(9-16)17-15/h3-8H,10H2,1-2H3. The predicted molar refractivity (Wildman–Crippen MR) is 74.4 cm³/mol. The summed E-state index contributed by atoms with van der Waals surface area (Å²) in [4.78, 5) is 4.25. The van der Waals surface area contributed by atoms with Gasteiger partial charge in [0.25, 0.3) is 0 Å². The monoisotopic (exact) mass is 254 g/mol. The minimum Gasteiger partial charge on any atom is -0.231 e. The Morgan fingerprint density at radius 3 is 2.72 bits per heavy atom. The Morgan fingerprint density at radius 1 is 1.17 bits per heavy atom. The van der Waals surface area contributed by atoms with Gasteiger partial charge in [0, 0.05) is 5.75 Å². The molecule has 0 saturated carbocycles. The third-order valence-corrected chi connectivity index (χ3v) is 3.80. The van der Waals surface area contributed by atoms with Crippen LogP contribution in [-0.4, -0.2) is 4.98 Å². The van der Waals surface area contributed by atoms with E-state index in [2.05, 4.69) is 43.1 Å². The van der Waals surface area contributed by atoms with Crippen molar-refractivity contribution in [1.82, 2.24) is 4.98 Å². The van der Waals surface area contributed by atoms with Gasteiger partial charge in [0.1, 0.15) is 11.8 Å². The summed E-state index contributed by atoms with van der Waals surface area (Å²) in [5.41, 5.74) is 4.38. The van der Waals surface area contributed by atoms with Crippen molar-refractivity contribution in [1.29, 1.82) is 5.26 Å². The van der Waals surface area contributed by atoms with E-state index in [4.69, 9.17) is 5.26 Å². The average molecular weight is 254 g/mol. The summed E-state index contributed by atoms with van der Waals surface area (Å²) in [6, 6.07) is 14.1. The fourth-order valence-corrected chi connectivity index (χ4v) is 2.44. The second-order valence-corrected chi connectivity index (χ2v) is 5.18. The summed E-state index contributed by atoms with van der Waals surface area (Å²) in [5, 5.41) is 9.69. The molecule has 2 aromatic rings. The fraction of sp³-hybridized carbons (Fsp3) is 0.200. The van der Waals surface area contributed by atoms with Gasteiger partial charge >= 0.3 is 0 Å². The van der Waals surface area contributed by atoms with Gasteiger partial charge in [-0.2, -0.15) is 5.26 Å². The smallest absolute Gasteiger partial charge is 0.141 e. The van der Waals surface area contributed by atoms with Crippen molar-refractivity contribution >= 4 is 11.8 Å². The molecular weight excluding hydrogens is 240 g/mol. The largest absolute Gasteiger partial charge is 0.231 e. The molecule has 0 aliphatic heterocycles. The summed E-state index contributed by atoms with van der Waals surface area (Å²) >= 11 is 1.66. The van der Waals surface area contributed by atoms with Crippen molar-refractivity contribution in [2.75, 3.05) is 0 Å². The summed E-state index contributed by atoms with van der Waals surface area (Å²) in [6.45, 7) is 4.24. The topological polar surface area (TPSA) is 36.7 Å². The minimum absolute atomic E-state index is 0.472. The van der Waals surface area contributed by atoms with Crippen LogP contribution in [0.2, 0.25) is 0 Å². The van der Waals surface area contributed by atoms with Gasteiger partial charge in [-0.1, -0.05) is 24.3 Å². The van der Waals surface area contributed by atoms with Crippen LogP contribution in [0.3, 0.4) is 0 Å². The molecule has 0 aliphatic rings. The molecule has 0 saturated heterocycles. The molecule has 0 fully saturated rings. The normalized spacial score (nSPS) is 10.1. The molecular formula is C15H14N2S. The number of aromatic nitrogens is 1. The molecule has 18 heavy (non-hydrogen) atoms. The highest BCUT2D eigenvalue weighted by atomic mass is 32.2. The molecule has 2 nitrogen and oxygen atoms in total. The van der Waals surface area contributed by atoms with Crippen LogP contribution in [0.5, 0.6) is 0 Å². The van der Waals surface area contributed by atoms with Crippen molar-refractivity contribution < 1.29 is 0 Å². The van der Waals surface area contributed by atoms with Gasteiger partial charge in [-0.05, 0) is 42.7 Å². The lowest BCUT2D eigenvalue weighted by Gasteiger charge is -2.05. The highest BCUT2D eigenvalue weighted by molar-refractivity contribution is 7.98. The van der Waals surface area contributed by atoms with Gasteiger partial charge in [-0.15, -0.1) is 11.8 Å². The number of thioether (sulfide) groups is 1. The number of pyridine rings is 1. The zero-order chi connectivity index (χ0) is 13.0. The third-order valence-electron chi connectivity index (χ3n) is 2.80. The van der Waals surface area contributed by atoms with Crippen LogP contribution in [0.25, 0.3) is 0 Å². The van der Waals surface area contributed by atoms with E-state index < -0.39 is 0 Å². The first-order valence-electron chi connectivity index (χ1n) is 5.75. The number of aryl methyl sites for hydroxylation is 2. The number of hydrogen-bond donors (Lipinski definition) is 0. The summed E-state index contributed by atoms with van der Waals surface area (Å²) in [5.74, 6) is 0.878. The second kappa shape index (κ2) is 5.70. The number of rotatable bonds is 3. The van der Waals surface area contributed by atoms with Gasteiger partial charge in [0.15, 0.2) is 0 Å². The maximum absolute atomic E-state index is 8.79. The first-order valence-corrected chi connectivity index (χ1v) is 6.73. The number of nitrogens with zero attached hydrogens (tertiary/aromatic N) is 2. The maximum atomic E-state index is 8.79. The lowest BCUT2D eigenvalue weighted by atomic mass is 10.1. The quantitative estimate of drug-likeness (QED) is 0.780. The molecule has 0 amide bonds. The number of nitriles is 1. The van der Waals surface area contributed by atoms with E-state index in [9.17, 15) is 0 Å². The average Bonchev–Trinajstić information content (AvgIpc) is 2.40. The lowest BCUT2D eigenvalue weighted by molar-refractivity contribution is 1.10. The van der Waals surface area contributed by atoms with Gasteiger partial charge in [0.2, 0.25) is 0 Å². The van der Waals surface area contributed by atoms with Crippen LogP contribution < -0.4 is 0 Å². The summed E-state index contributed by atoms with van der Waals surface area (Å²) < 4.78 is 0. The molecule has 0 radical (unpaired) electrons. The van der Waals surface area contributed by atoms with Gasteiger partial charge in [-0.3, -0.25) is 0 Å². The van der Waals surface area contributed by atoms with Crippen LogP contribution in [0.4, 0.5) is 0 Å². The second-order valence-electron chi connectivity index (χ2n) is 4.18. The van der Waals surface area contributed by atoms with E-state index in [0.29, 0.717) is 5.69 Å². The van der Waals surface area contributed by atoms with Crippen LogP contribution in [0, 0.1) is 25.2 Å². The molecule has 3 heteroatoms. The molecule has 1 aromatic heterocycles. The van der Waals surface area contributed by atoms with E-state index in [0.717, 1.165) is 10.8 Å². The van der Waals surface area contributed by atoms with E-state index in [1.54, 1.807) is 17.8 Å². The molecule has 1 aromatic carbocycles. The zero-order valence-corrected chi connectivity index (χ0v) is 11.3. The molecule has 0 aliphatic carbocycles. The van der Waals surface area contributed by atoms with Crippen LogP contribution in [0.1, 0.15) is 22.4 Å². The van der Waals surface area contributed by atoms with E-state index >= 15 is 0 Å². The number of benzene rings is 1. The van der Waals surface area contributed by atoms with Crippen molar-refractivity contribution in [3.8, 4) is 6.07 Å². The molecule has 0 bridgehead atoms. The van der Waals surface area contributed by atoms with Crippen molar-refractivity contribution in [2.24, 2.45) is 0 Å². The molecule has 2 rings (SSSR count). The molecule has 0 atom stereocenters. The Balaban J connectivity index is 2.07. The minimum atomic E-state index is 0.472. The molecule has 0 spiro atoms. The Hall–Kier alpha value is -1.79. The van der Waals surface area contributed by atoms with Crippen molar-refractivity contribution in [2.45, 2.75) is 24.6 Å². The molecule has 90 valence electrons. The maximum Gasteiger partial charge on any atom is 0.141 e. The highest BCUT2D eigenvalue weighted by Gasteiger charge is 2.01. The van der Waals surface area contributed by atoms with Crippen LogP contribution in [0.15, 0.2) is 41.4 Å². The van der Waals surface area contributed by atoms with Gasteiger partial charge in [0.05, 0.1) is 5.03 Å². The molecule has 1 heterocycles. The van der Waals surface area contributed by atoms with Crippen LogP contribution >= 0.6 is 11.8 Å². The lowest BCUT2D eigenvalue weighted by Crippen LogP contribution is -1.88. The Labute approximate surface area is 112 Å². The van der Waals surface area contributed by atoms with E-state index in [1.807, 2.05) is 12.1 Å². The highest BCUT2D eigenvalue weighted by Crippen LogP contribution is 2.22. The van der Waals surface area contributed by atoms with Crippen molar-refractivity contribution in [3.05, 3.63) is 58.8 Å². The Kier molecular flexibility index (Phi) is 4.01. The van der Waals surface area contributed by atoms with E-state index in [1.165, 1.54) is 16.7 Å². The zero-order valence-electron chi connectivity index (χ0n) is 10.5. The summed E-state index contributed by atoms with van der Waals surface area (Å²) in [6.07, 6.45) is 0.